The van der Waals surface area contributed by atoms with Crippen molar-refractivity contribution in [3.63, 3.8) is 0 Å². The van der Waals surface area contributed by atoms with Gasteiger partial charge in [0.15, 0.2) is 0 Å². The van der Waals surface area contributed by atoms with Crippen molar-refractivity contribution in [1.82, 2.24) is 9.03 Å². The van der Waals surface area contributed by atoms with Gasteiger partial charge in [0.2, 0.25) is 0 Å². The maximum atomic E-state index is 12.3. The van der Waals surface area contributed by atoms with Gasteiger partial charge in [-0.2, -0.15) is 17.4 Å². The monoisotopic (exact) mass is 275 g/mol. The minimum atomic E-state index is -3.33. The summed E-state index contributed by atoms with van der Waals surface area (Å²) in [6.45, 7) is 3.17. The van der Waals surface area contributed by atoms with E-state index in [9.17, 15) is 8.42 Å². The normalized spacial score (nSPS) is 29.9. The third-order valence-electron chi connectivity index (χ3n) is 4.17. The van der Waals surface area contributed by atoms with Crippen molar-refractivity contribution < 1.29 is 8.42 Å². The number of rotatable bonds is 7. The fourth-order valence-corrected chi connectivity index (χ4v) is 4.89. The summed E-state index contributed by atoms with van der Waals surface area (Å²) in [5.41, 5.74) is 5.65. The zero-order valence-corrected chi connectivity index (χ0v) is 12.0. The molecule has 5 nitrogen and oxygen atoms in total. The van der Waals surface area contributed by atoms with Crippen molar-refractivity contribution in [3.8, 4) is 0 Å². The van der Waals surface area contributed by atoms with E-state index in [0.717, 1.165) is 32.1 Å². The average Bonchev–Trinajstić information content (AvgIpc) is 2.96. The van der Waals surface area contributed by atoms with Crippen LogP contribution in [0.3, 0.4) is 0 Å². The first kappa shape index (κ1) is 14.2. The van der Waals surface area contributed by atoms with Crippen molar-refractivity contribution >= 4 is 10.2 Å². The quantitative estimate of drug-likeness (QED) is 0.722. The number of unbranched alkanes of at least 4 members (excludes halogenated alkanes) is 1. The fraction of sp³-hybridized carbons (Fsp3) is 1.00. The van der Waals surface area contributed by atoms with Gasteiger partial charge >= 0.3 is 0 Å². The zero-order valence-electron chi connectivity index (χ0n) is 11.1. The molecule has 2 aliphatic rings. The van der Waals surface area contributed by atoms with Crippen LogP contribution < -0.4 is 10.5 Å². The van der Waals surface area contributed by atoms with Gasteiger partial charge in [-0.3, -0.25) is 0 Å². The van der Waals surface area contributed by atoms with E-state index >= 15 is 0 Å². The molecule has 1 saturated carbocycles. The summed E-state index contributed by atoms with van der Waals surface area (Å²) < 4.78 is 29.1. The van der Waals surface area contributed by atoms with E-state index in [0.29, 0.717) is 19.0 Å². The molecule has 1 heterocycles. The van der Waals surface area contributed by atoms with Crippen LogP contribution in [0.5, 0.6) is 0 Å². The second-order valence-electron chi connectivity index (χ2n) is 5.60. The van der Waals surface area contributed by atoms with E-state index in [1.54, 1.807) is 4.31 Å². The maximum Gasteiger partial charge on any atom is 0.280 e. The van der Waals surface area contributed by atoms with Gasteiger partial charge in [-0.25, -0.2) is 0 Å². The highest BCUT2D eigenvalue weighted by atomic mass is 32.2. The molecule has 18 heavy (non-hydrogen) atoms. The van der Waals surface area contributed by atoms with Crippen molar-refractivity contribution in [2.24, 2.45) is 11.7 Å². The lowest BCUT2D eigenvalue weighted by Gasteiger charge is -2.28. The Hall–Kier alpha value is -0.170. The van der Waals surface area contributed by atoms with E-state index in [2.05, 4.69) is 11.6 Å². The van der Waals surface area contributed by atoms with Crippen LogP contribution in [0.4, 0.5) is 0 Å². The molecule has 3 N–H and O–H groups in total. The summed E-state index contributed by atoms with van der Waals surface area (Å²) in [5, 5.41) is 0. The number of piperidine rings is 1. The molecule has 0 aromatic carbocycles. The van der Waals surface area contributed by atoms with E-state index < -0.39 is 10.2 Å². The van der Waals surface area contributed by atoms with Crippen molar-refractivity contribution in [1.29, 1.82) is 0 Å². The Kier molecular flexibility index (Phi) is 4.64. The molecule has 3 unspecified atom stereocenters. The van der Waals surface area contributed by atoms with Gasteiger partial charge in [0, 0.05) is 25.2 Å². The SMILES string of the molecule is CCCCC(CN)NS(=O)(=O)N1CC2CCC1C2. The Morgan fingerprint density at radius 3 is 2.72 bits per heavy atom. The first-order valence-corrected chi connectivity index (χ1v) is 8.50. The number of nitrogens with zero attached hydrogens (tertiary/aromatic N) is 1. The Labute approximate surface area is 110 Å². The summed E-state index contributed by atoms with van der Waals surface area (Å²) in [5.74, 6) is 0.582. The predicted octanol–water partition coefficient (Wildman–Crippen LogP) is 0.823. The van der Waals surface area contributed by atoms with Crippen molar-refractivity contribution in [3.05, 3.63) is 0 Å². The molecule has 0 radical (unpaired) electrons. The molecule has 1 aliphatic heterocycles. The lowest BCUT2D eigenvalue weighted by Crippen LogP contribution is -2.50. The molecule has 1 saturated heterocycles. The van der Waals surface area contributed by atoms with Crippen molar-refractivity contribution in [2.45, 2.75) is 57.5 Å². The summed E-state index contributed by atoms with van der Waals surface area (Å²) in [4.78, 5) is 0. The highest BCUT2D eigenvalue weighted by Crippen LogP contribution is 2.38. The molecule has 2 fully saturated rings. The van der Waals surface area contributed by atoms with Gasteiger partial charge in [0.1, 0.15) is 0 Å². The summed E-state index contributed by atoms with van der Waals surface area (Å²) in [6.07, 6.45) is 6.15. The standard InChI is InChI=1S/C12H25N3O2S/c1-2-3-4-11(8-13)14-18(16,17)15-9-10-5-6-12(15)7-10/h10-12,14H,2-9,13H2,1H3. The van der Waals surface area contributed by atoms with Crippen LogP contribution >= 0.6 is 0 Å². The van der Waals surface area contributed by atoms with Crippen LogP contribution in [-0.4, -0.2) is 37.9 Å². The largest absolute Gasteiger partial charge is 0.329 e. The van der Waals surface area contributed by atoms with Gasteiger partial charge in [-0.05, 0) is 31.6 Å². The number of hydrogen-bond donors (Lipinski definition) is 2. The van der Waals surface area contributed by atoms with Gasteiger partial charge in [-0.15, -0.1) is 0 Å². The van der Waals surface area contributed by atoms with E-state index in [4.69, 9.17) is 5.73 Å². The molecule has 0 aromatic rings. The lowest BCUT2D eigenvalue weighted by molar-refractivity contribution is 0.324. The van der Waals surface area contributed by atoms with Crippen LogP contribution in [0.1, 0.15) is 45.4 Å². The Morgan fingerprint density at radius 1 is 1.44 bits per heavy atom. The number of fused-ring (bicyclic) bond motifs is 2. The molecule has 3 atom stereocenters. The fourth-order valence-electron chi connectivity index (χ4n) is 3.13. The molecular formula is C12H25N3O2S. The molecule has 2 rings (SSSR count). The molecule has 0 spiro atoms. The third kappa shape index (κ3) is 3.04. The minimum Gasteiger partial charge on any atom is -0.329 e. The van der Waals surface area contributed by atoms with Gasteiger partial charge in [0.25, 0.3) is 10.2 Å². The molecule has 1 aliphatic carbocycles. The van der Waals surface area contributed by atoms with E-state index in [-0.39, 0.29) is 12.1 Å². The third-order valence-corrected chi connectivity index (χ3v) is 5.87. The van der Waals surface area contributed by atoms with E-state index in [1.807, 2.05) is 0 Å². The van der Waals surface area contributed by atoms with Crippen LogP contribution in [0.25, 0.3) is 0 Å². The first-order valence-electron chi connectivity index (χ1n) is 7.06. The molecular weight excluding hydrogens is 250 g/mol. The van der Waals surface area contributed by atoms with Gasteiger partial charge in [-0.1, -0.05) is 19.8 Å². The Morgan fingerprint density at radius 2 is 2.22 bits per heavy atom. The van der Waals surface area contributed by atoms with Crippen LogP contribution in [0.2, 0.25) is 0 Å². The second kappa shape index (κ2) is 5.86. The Bertz CT molecular complexity index is 372. The highest BCUT2D eigenvalue weighted by molar-refractivity contribution is 7.87. The lowest BCUT2D eigenvalue weighted by atomic mass is 10.1. The molecule has 2 bridgehead atoms. The Balaban J connectivity index is 1.94. The van der Waals surface area contributed by atoms with Crippen LogP contribution in [0, 0.1) is 5.92 Å². The van der Waals surface area contributed by atoms with E-state index in [1.165, 1.54) is 6.42 Å². The first-order chi connectivity index (χ1) is 8.56. The number of hydrogen-bond acceptors (Lipinski definition) is 3. The summed E-state index contributed by atoms with van der Waals surface area (Å²) in [7, 11) is -3.33. The maximum absolute atomic E-state index is 12.3. The smallest absolute Gasteiger partial charge is 0.280 e. The van der Waals surface area contributed by atoms with Crippen LogP contribution in [-0.2, 0) is 10.2 Å². The number of nitrogens with two attached hydrogens (primary N) is 1. The number of nitrogens with one attached hydrogen (secondary N) is 1. The second-order valence-corrected chi connectivity index (χ2v) is 7.26. The zero-order chi connectivity index (χ0) is 13.2. The minimum absolute atomic E-state index is 0.117. The molecule has 0 amide bonds. The van der Waals surface area contributed by atoms with Gasteiger partial charge < -0.3 is 5.73 Å². The summed E-state index contributed by atoms with van der Waals surface area (Å²) in [6, 6.07) is 0.117. The molecule has 106 valence electrons. The topological polar surface area (TPSA) is 75.4 Å². The molecule has 6 heteroatoms. The average molecular weight is 275 g/mol. The highest BCUT2D eigenvalue weighted by Gasteiger charge is 2.44. The predicted molar refractivity (Wildman–Crippen MR) is 72.3 cm³/mol. The molecule has 0 aromatic heterocycles. The van der Waals surface area contributed by atoms with Crippen LogP contribution in [0.15, 0.2) is 0 Å². The van der Waals surface area contributed by atoms with Crippen molar-refractivity contribution in [2.75, 3.05) is 13.1 Å². The van der Waals surface area contributed by atoms with Gasteiger partial charge in [0.05, 0.1) is 0 Å². The summed E-state index contributed by atoms with van der Waals surface area (Å²) >= 11 is 0.